The van der Waals surface area contributed by atoms with Crippen LogP contribution in [0.15, 0.2) is 24.3 Å². The summed E-state index contributed by atoms with van der Waals surface area (Å²) < 4.78 is 14.1. The van der Waals surface area contributed by atoms with Gasteiger partial charge in [-0.15, -0.1) is 22.7 Å². The van der Waals surface area contributed by atoms with E-state index in [0.717, 1.165) is 25.4 Å². The molecule has 3 N–H and O–H groups in total. The Morgan fingerprint density at radius 3 is 2.76 bits per heavy atom. The molecule has 0 fully saturated rings. The van der Waals surface area contributed by atoms with Crippen molar-refractivity contribution in [1.82, 2.24) is 0 Å². The topological polar surface area (TPSA) is 63.3 Å². The molecule has 3 aromatic rings. The third-order valence-corrected chi connectivity index (χ3v) is 5.82. The number of carbonyl (C=O) groups is 1. The highest BCUT2D eigenvalue weighted by molar-refractivity contribution is 7.26. The monoisotopic (exact) mass is 321 g/mol. The molecule has 2 heterocycles. The summed E-state index contributed by atoms with van der Waals surface area (Å²) in [6, 6.07) is 6.59. The van der Waals surface area contributed by atoms with E-state index in [1.807, 2.05) is 13.0 Å². The van der Waals surface area contributed by atoms with Gasteiger partial charge in [-0.3, -0.25) is 0 Å². The lowest BCUT2D eigenvalue weighted by molar-refractivity contribution is 0.0703. The summed E-state index contributed by atoms with van der Waals surface area (Å²) in [6.45, 7) is 1.94. The van der Waals surface area contributed by atoms with Crippen LogP contribution in [0.25, 0.3) is 19.8 Å². The van der Waals surface area contributed by atoms with Gasteiger partial charge in [0.15, 0.2) is 0 Å². The summed E-state index contributed by atoms with van der Waals surface area (Å²) in [5, 5.41) is 10.2. The van der Waals surface area contributed by atoms with Crippen molar-refractivity contribution in [2.24, 2.45) is 0 Å². The van der Waals surface area contributed by atoms with Crippen molar-refractivity contribution in [3.8, 4) is 9.75 Å². The Balaban J connectivity index is 2.22. The van der Waals surface area contributed by atoms with E-state index in [1.165, 1.54) is 34.8 Å². The Hall–Kier alpha value is -1.92. The molecule has 2 aromatic heterocycles. The van der Waals surface area contributed by atoms with Gasteiger partial charge in [0.05, 0.1) is 10.6 Å². The smallest absolute Gasteiger partial charge is 0.348 e. The lowest BCUT2D eigenvalue weighted by Gasteiger charge is -1.99. The van der Waals surface area contributed by atoms with Crippen molar-refractivity contribution in [3.63, 3.8) is 0 Å². The maximum Gasteiger partial charge on any atom is 0.348 e. The molecular weight excluding hydrogens is 309 g/mol. The number of halogens is 1. The van der Waals surface area contributed by atoms with Crippen LogP contribution in [0.4, 0.5) is 10.1 Å². The number of carboxylic acid groups (broad SMARTS) is 1. The van der Waals surface area contributed by atoms with E-state index in [9.17, 15) is 14.3 Å². The van der Waals surface area contributed by atoms with Crippen LogP contribution in [0, 0.1) is 5.82 Å². The first-order chi connectivity index (χ1) is 10.0. The van der Waals surface area contributed by atoms with Gasteiger partial charge in [0.25, 0.3) is 0 Å². The molecule has 0 unspecified atom stereocenters. The minimum atomic E-state index is -1.01. The first-order valence-corrected chi connectivity index (χ1v) is 7.98. The summed E-state index contributed by atoms with van der Waals surface area (Å²) in [6.07, 6.45) is 0.660. The molecule has 108 valence electrons. The third-order valence-electron chi connectivity index (χ3n) is 3.30. The van der Waals surface area contributed by atoms with Gasteiger partial charge in [-0.1, -0.05) is 13.0 Å². The highest BCUT2D eigenvalue weighted by atomic mass is 32.1. The Labute approximate surface area is 128 Å². The van der Waals surface area contributed by atoms with Crippen LogP contribution in [0.3, 0.4) is 0 Å². The second-order valence-electron chi connectivity index (χ2n) is 4.60. The number of fused-ring (bicyclic) bond motifs is 1. The Morgan fingerprint density at radius 2 is 2.10 bits per heavy atom. The highest BCUT2D eigenvalue weighted by Gasteiger charge is 2.21. The average Bonchev–Trinajstić information content (AvgIpc) is 2.98. The van der Waals surface area contributed by atoms with E-state index in [0.29, 0.717) is 12.1 Å². The van der Waals surface area contributed by atoms with Crippen molar-refractivity contribution >= 4 is 44.4 Å². The van der Waals surface area contributed by atoms with Crippen molar-refractivity contribution in [2.45, 2.75) is 13.3 Å². The number of hydrogen-bond acceptors (Lipinski definition) is 4. The molecule has 0 aliphatic heterocycles. The van der Waals surface area contributed by atoms with E-state index >= 15 is 0 Å². The maximum atomic E-state index is 13.3. The zero-order valence-corrected chi connectivity index (χ0v) is 12.8. The average molecular weight is 321 g/mol. The summed E-state index contributed by atoms with van der Waals surface area (Å²) in [5.74, 6) is -1.28. The minimum Gasteiger partial charge on any atom is -0.477 e. The predicted molar refractivity (Wildman–Crippen MR) is 85.8 cm³/mol. The molecule has 6 heteroatoms. The number of rotatable bonds is 3. The number of thiophene rings is 2. The first-order valence-electron chi connectivity index (χ1n) is 6.35. The molecule has 0 atom stereocenters. The van der Waals surface area contributed by atoms with E-state index in [1.54, 1.807) is 6.07 Å². The lowest BCUT2D eigenvalue weighted by atomic mass is 10.1. The molecule has 0 saturated heterocycles. The molecule has 0 spiro atoms. The number of nitrogen functional groups attached to an aromatic ring is 1. The zero-order chi connectivity index (χ0) is 15.1. The van der Waals surface area contributed by atoms with E-state index < -0.39 is 5.97 Å². The van der Waals surface area contributed by atoms with Crippen LogP contribution >= 0.6 is 22.7 Å². The van der Waals surface area contributed by atoms with Gasteiger partial charge >= 0.3 is 5.97 Å². The van der Waals surface area contributed by atoms with Crippen molar-refractivity contribution in [1.29, 1.82) is 0 Å². The molecule has 0 saturated carbocycles. The van der Waals surface area contributed by atoms with Crippen LogP contribution in [0.2, 0.25) is 0 Å². The van der Waals surface area contributed by atoms with Crippen LogP contribution in [-0.2, 0) is 6.42 Å². The van der Waals surface area contributed by atoms with Gasteiger partial charge in [0, 0.05) is 9.58 Å². The molecule has 0 aliphatic carbocycles. The molecular formula is C15H12FNO2S2. The first kappa shape index (κ1) is 14.0. The predicted octanol–water partition coefficient (Wildman–Crippen LogP) is 4.61. The van der Waals surface area contributed by atoms with E-state index in [-0.39, 0.29) is 10.7 Å². The molecule has 0 aliphatic rings. The number of nitrogens with two attached hydrogens (primary N) is 1. The quantitative estimate of drug-likeness (QED) is 0.740. The highest BCUT2D eigenvalue weighted by Crippen LogP contribution is 2.43. The summed E-state index contributed by atoms with van der Waals surface area (Å²) in [4.78, 5) is 13.2. The maximum absolute atomic E-state index is 13.3. The van der Waals surface area contributed by atoms with Gasteiger partial charge < -0.3 is 10.8 Å². The van der Waals surface area contributed by atoms with Crippen LogP contribution in [-0.4, -0.2) is 11.1 Å². The molecule has 3 nitrogen and oxygen atoms in total. The number of benzene rings is 1. The Kier molecular flexibility index (Phi) is 3.43. The summed E-state index contributed by atoms with van der Waals surface area (Å²) in [5.41, 5.74) is 7.14. The van der Waals surface area contributed by atoms with E-state index in [4.69, 9.17) is 5.73 Å². The van der Waals surface area contributed by atoms with Crippen molar-refractivity contribution in [3.05, 3.63) is 40.5 Å². The van der Waals surface area contributed by atoms with Crippen LogP contribution in [0.5, 0.6) is 0 Å². The van der Waals surface area contributed by atoms with E-state index in [2.05, 4.69) is 0 Å². The molecule has 0 amide bonds. The fraction of sp³-hybridized carbons (Fsp3) is 0.133. The van der Waals surface area contributed by atoms with Crippen LogP contribution in [0.1, 0.15) is 22.2 Å². The Bertz CT molecular complexity index is 851. The van der Waals surface area contributed by atoms with Gasteiger partial charge in [-0.25, -0.2) is 9.18 Å². The number of aromatic carboxylic acids is 1. The number of hydrogen-bond donors (Lipinski definition) is 2. The second-order valence-corrected chi connectivity index (χ2v) is 6.71. The molecule has 0 radical (unpaired) electrons. The Morgan fingerprint density at radius 1 is 1.33 bits per heavy atom. The minimum absolute atomic E-state index is 0.172. The van der Waals surface area contributed by atoms with Gasteiger partial charge in [-0.2, -0.15) is 0 Å². The SMILES string of the molecule is CCc1c(-c2cc3ccc(F)cc3s2)sc(C(=O)O)c1N. The lowest BCUT2D eigenvalue weighted by Crippen LogP contribution is -1.99. The second kappa shape index (κ2) is 5.13. The molecule has 0 bridgehead atoms. The standard InChI is InChI=1S/C15H12FNO2S2/c1-2-9-12(17)14(15(18)19)21-13(9)11-5-7-3-4-8(16)6-10(7)20-11/h3-6H,2,17H2,1H3,(H,18,19). The largest absolute Gasteiger partial charge is 0.477 e. The van der Waals surface area contributed by atoms with Crippen molar-refractivity contribution < 1.29 is 14.3 Å². The van der Waals surface area contributed by atoms with Crippen LogP contribution < -0.4 is 5.73 Å². The number of carboxylic acids is 1. The van der Waals surface area contributed by atoms with Crippen molar-refractivity contribution in [2.75, 3.05) is 5.73 Å². The molecule has 21 heavy (non-hydrogen) atoms. The van der Waals surface area contributed by atoms with Gasteiger partial charge in [-0.05, 0) is 35.6 Å². The summed E-state index contributed by atoms with van der Waals surface area (Å²) in [7, 11) is 0. The molecule has 3 rings (SSSR count). The normalized spacial score (nSPS) is 11.1. The molecule has 1 aromatic carbocycles. The third kappa shape index (κ3) is 2.30. The number of anilines is 1. The zero-order valence-electron chi connectivity index (χ0n) is 11.1. The summed E-state index contributed by atoms with van der Waals surface area (Å²) >= 11 is 2.63. The fourth-order valence-corrected chi connectivity index (χ4v) is 4.67. The van der Waals surface area contributed by atoms with Gasteiger partial charge in [0.1, 0.15) is 10.7 Å². The fourth-order valence-electron chi connectivity index (χ4n) is 2.30. The van der Waals surface area contributed by atoms with Gasteiger partial charge in [0.2, 0.25) is 0 Å².